The van der Waals surface area contributed by atoms with Gasteiger partial charge in [-0.15, -0.1) is 0 Å². The summed E-state index contributed by atoms with van der Waals surface area (Å²) in [6, 6.07) is 0. The van der Waals surface area contributed by atoms with Gasteiger partial charge in [0.1, 0.15) is 5.54 Å². The van der Waals surface area contributed by atoms with Crippen LogP contribution in [0.2, 0.25) is 0 Å². The first kappa shape index (κ1) is 11.3. The van der Waals surface area contributed by atoms with E-state index >= 15 is 0 Å². The predicted molar refractivity (Wildman–Crippen MR) is 55.2 cm³/mol. The molecule has 1 heterocycles. The number of aliphatic carboxylic acids is 1. The van der Waals surface area contributed by atoms with E-state index in [0.29, 0.717) is 17.6 Å². The number of carboxylic acid groups (broad SMARTS) is 1. The van der Waals surface area contributed by atoms with Crippen LogP contribution in [0, 0.1) is 5.21 Å². The van der Waals surface area contributed by atoms with Gasteiger partial charge < -0.3 is 15.5 Å². The Bertz CT molecular complexity index is 349. The molecule has 1 fully saturated rings. The van der Waals surface area contributed by atoms with E-state index in [9.17, 15) is 15.2 Å². The predicted octanol–water partition coefficient (Wildman–Crippen LogP) is 0.776. The summed E-state index contributed by atoms with van der Waals surface area (Å²) >= 11 is 0. The fourth-order valence-electron chi connectivity index (χ4n) is 2.62. The van der Waals surface area contributed by atoms with Crippen molar-refractivity contribution >= 4 is 12.2 Å². The molecule has 0 amide bonds. The molecule has 2 N–H and O–H groups in total. The Balaban J connectivity index is 2.37. The van der Waals surface area contributed by atoms with Crippen LogP contribution in [0.15, 0.2) is 0 Å². The smallest absolute Gasteiger partial charge is 0.396 e. The van der Waals surface area contributed by atoms with Crippen molar-refractivity contribution < 1.29 is 19.8 Å². The molecule has 1 spiro atoms. The summed E-state index contributed by atoms with van der Waals surface area (Å²) < 4.78 is 0.362. The molecule has 1 unspecified atom stereocenters. The van der Waals surface area contributed by atoms with Crippen molar-refractivity contribution in [2.24, 2.45) is 0 Å². The SMILES string of the molecule is CC1(C(=O)O)N(O)C2(C=[N+]1[O-])CCCCC2. The minimum absolute atomic E-state index is 0.362. The molecule has 6 heteroatoms. The number of rotatable bonds is 1. The van der Waals surface area contributed by atoms with Gasteiger partial charge in [0.25, 0.3) is 0 Å². The van der Waals surface area contributed by atoms with Crippen LogP contribution in [0.1, 0.15) is 39.0 Å². The highest BCUT2D eigenvalue weighted by Gasteiger charge is 2.63. The van der Waals surface area contributed by atoms with Gasteiger partial charge in [-0.3, -0.25) is 0 Å². The lowest BCUT2D eigenvalue weighted by Gasteiger charge is -2.36. The average Bonchev–Trinajstić information content (AvgIpc) is 2.43. The van der Waals surface area contributed by atoms with Crippen LogP contribution in [-0.4, -0.2) is 43.5 Å². The number of hydroxylamine groups is 3. The minimum Gasteiger partial charge on any atom is -0.622 e. The summed E-state index contributed by atoms with van der Waals surface area (Å²) in [5.41, 5.74) is -2.68. The Labute approximate surface area is 93.3 Å². The molecule has 0 bridgehead atoms. The molecule has 1 saturated carbocycles. The normalized spacial score (nSPS) is 34.0. The van der Waals surface area contributed by atoms with Crippen LogP contribution >= 0.6 is 0 Å². The molecule has 0 saturated heterocycles. The molecule has 0 aromatic heterocycles. The quantitative estimate of drug-likeness (QED) is 0.511. The molecular weight excluding hydrogens is 212 g/mol. The van der Waals surface area contributed by atoms with E-state index in [1.165, 1.54) is 13.1 Å². The minimum atomic E-state index is -1.89. The first-order chi connectivity index (χ1) is 7.43. The Morgan fingerprint density at radius 3 is 2.44 bits per heavy atom. The first-order valence-corrected chi connectivity index (χ1v) is 5.49. The fraction of sp³-hybridized carbons (Fsp3) is 0.800. The Morgan fingerprint density at radius 1 is 1.44 bits per heavy atom. The summed E-state index contributed by atoms with van der Waals surface area (Å²) in [5.74, 6) is -1.33. The van der Waals surface area contributed by atoms with Gasteiger partial charge in [-0.05, 0) is 12.8 Å². The van der Waals surface area contributed by atoms with Crippen LogP contribution < -0.4 is 0 Å². The van der Waals surface area contributed by atoms with Gasteiger partial charge in [0, 0.05) is 6.92 Å². The zero-order valence-electron chi connectivity index (χ0n) is 9.22. The number of hydrogen-bond acceptors (Lipinski definition) is 4. The molecule has 16 heavy (non-hydrogen) atoms. The van der Waals surface area contributed by atoms with Crippen LogP contribution in [0.25, 0.3) is 0 Å². The third-order valence-electron chi connectivity index (χ3n) is 3.75. The molecular formula is C10H16N2O4. The van der Waals surface area contributed by atoms with E-state index in [1.54, 1.807) is 0 Å². The standard InChI is InChI=1S/C10H16N2O4/c1-9(8(13)14)11(15)7-10(12(9)16)5-3-2-4-6-10/h7,16H,2-6H2,1H3,(H,13,14). The van der Waals surface area contributed by atoms with Gasteiger partial charge in [-0.25, -0.2) is 4.79 Å². The van der Waals surface area contributed by atoms with Crippen molar-refractivity contribution in [2.75, 3.05) is 0 Å². The second-order valence-corrected chi connectivity index (χ2v) is 4.76. The number of hydrogen-bond donors (Lipinski definition) is 2. The lowest BCUT2D eigenvalue weighted by Crippen LogP contribution is -2.59. The second kappa shape index (κ2) is 3.43. The highest BCUT2D eigenvalue weighted by molar-refractivity contribution is 5.81. The molecule has 1 aliphatic carbocycles. The van der Waals surface area contributed by atoms with Crippen LogP contribution in [0.5, 0.6) is 0 Å². The zero-order valence-corrected chi connectivity index (χ0v) is 9.22. The molecule has 1 atom stereocenters. The molecule has 0 aromatic rings. The maximum atomic E-state index is 11.7. The van der Waals surface area contributed by atoms with E-state index in [2.05, 4.69) is 0 Å². The molecule has 0 aromatic carbocycles. The van der Waals surface area contributed by atoms with Gasteiger partial charge in [0.15, 0.2) is 6.21 Å². The van der Waals surface area contributed by atoms with Crippen LogP contribution in [0.3, 0.4) is 0 Å². The third-order valence-corrected chi connectivity index (χ3v) is 3.75. The molecule has 0 radical (unpaired) electrons. The highest BCUT2D eigenvalue weighted by Crippen LogP contribution is 2.39. The summed E-state index contributed by atoms with van der Waals surface area (Å²) in [6.45, 7) is 1.22. The maximum Gasteiger partial charge on any atom is 0.396 e. The van der Waals surface area contributed by atoms with Crippen molar-refractivity contribution in [3.05, 3.63) is 5.21 Å². The Hall–Kier alpha value is -1.14. The zero-order chi connectivity index (χ0) is 12.0. The van der Waals surface area contributed by atoms with Gasteiger partial charge >= 0.3 is 11.6 Å². The summed E-state index contributed by atoms with van der Waals surface area (Å²) in [5, 5.41) is 31.5. The van der Waals surface area contributed by atoms with E-state index in [1.807, 2.05) is 0 Å². The fourth-order valence-corrected chi connectivity index (χ4v) is 2.62. The number of carbonyl (C=O) groups is 1. The van der Waals surface area contributed by atoms with Crippen LogP contribution in [-0.2, 0) is 4.79 Å². The van der Waals surface area contributed by atoms with Crippen molar-refractivity contribution in [1.29, 1.82) is 0 Å². The van der Waals surface area contributed by atoms with E-state index < -0.39 is 17.2 Å². The van der Waals surface area contributed by atoms with Gasteiger partial charge in [-0.1, -0.05) is 24.3 Å². The van der Waals surface area contributed by atoms with Crippen LogP contribution in [0.4, 0.5) is 0 Å². The molecule has 6 nitrogen and oxygen atoms in total. The highest BCUT2D eigenvalue weighted by atomic mass is 16.6. The van der Waals surface area contributed by atoms with Crippen molar-refractivity contribution in [1.82, 2.24) is 5.06 Å². The van der Waals surface area contributed by atoms with Crippen molar-refractivity contribution in [3.63, 3.8) is 0 Å². The van der Waals surface area contributed by atoms with E-state index in [0.717, 1.165) is 24.3 Å². The third kappa shape index (κ3) is 1.26. The van der Waals surface area contributed by atoms with Gasteiger partial charge in [-0.2, -0.15) is 4.74 Å². The largest absolute Gasteiger partial charge is 0.622 e. The molecule has 2 rings (SSSR count). The monoisotopic (exact) mass is 228 g/mol. The van der Waals surface area contributed by atoms with Gasteiger partial charge in [0.2, 0.25) is 0 Å². The maximum absolute atomic E-state index is 11.7. The molecule has 90 valence electrons. The van der Waals surface area contributed by atoms with Crippen molar-refractivity contribution in [3.8, 4) is 0 Å². The lowest BCUT2D eigenvalue weighted by atomic mass is 9.82. The Kier molecular flexibility index (Phi) is 2.43. The number of carboxylic acids is 1. The van der Waals surface area contributed by atoms with E-state index in [4.69, 9.17) is 5.11 Å². The number of nitrogens with zero attached hydrogens (tertiary/aromatic N) is 2. The average molecular weight is 228 g/mol. The van der Waals surface area contributed by atoms with Crippen molar-refractivity contribution in [2.45, 2.75) is 50.2 Å². The Morgan fingerprint density at radius 2 is 2.00 bits per heavy atom. The van der Waals surface area contributed by atoms with Gasteiger partial charge in [0.05, 0.1) is 0 Å². The lowest BCUT2D eigenvalue weighted by molar-refractivity contribution is -0.567. The first-order valence-electron chi connectivity index (χ1n) is 5.49. The summed E-state index contributed by atoms with van der Waals surface area (Å²) in [4.78, 5) is 11.1. The van der Waals surface area contributed by atoms with E-state index in [-0.39, 0.29) is 0 Å². The summed E-state index contributed by atoms with van der Waals surface area (Å²) in [6.07, 6.45) is 5.44. The second-order valence-electron chi connectivity index (χ2n) is 4.76. The summed E-state index contributed by atoms with van der Waals surface area (Å²) in [7, 11) is 0. The topological polar surface area (TPSA) is 86.8 Å². The molecule has 1 aliphatic heterocycles. The molecule has 2 aliphatic rings.